The Bertz CT molecular complexity index is 3190. The van der Waals surface area contributed by atoms with E-state index < -0.39 is 30.1 Å². The number of rotatable bonds is 6. The van der Waals surface area contributed by atoms with Crippen molar-refractivity contribution in [3.8, 4) is 5.75 Å². The van der Waals surface area contributed by atoms with Crippen molar-refractivity contribution in [2.75, 3.05) is 18.6 Å². The minimum absolute atomic E-state index is 0.0992. The van der Waals surface area contributed by atoms with Crippen LogP contribution in [-0.2, 0) is 59.6 Å². The second-order valence-electron chi connectivity index (χ2n) is 20.7. The maximum Gasteiger partial charge on any atom is 0.328 e. The van der Waals surface area contributed by atoms with Gasteiger partial charge < -0.3 is 19.4 Å². The molecular formula is C58H63ClN8O12. The summed E-state index contributed by atoms with van der Waals surface area (Å²) in [7, 11) is 1.57. The van der Waals surface area contributed by atoms with Crippen LogP contribution in [0.5, 0.6) is 5.75 Å². The van der Waals surface area contributed by atoms with Gasteiger partial charge in [0.2, 0.25) is 41.4 Å². The highest BCUT2D eigenvalue weighted by molar-refractivity contribution is 6.31. The number of methoxy groups -OCH3 is 1. The molecule has 20 nitrogen and oxygen atoms in total. The summed E-state index contributed by atoms with van der Waals surface area (Å²) in [5.41, 5.74) is 13.0. The second kappa shape index (κ2) is 23.4. The monoisotopic (exact) mass is 1100 g/mol. The molecule has 11 rings (SSSR count). The summed E-state index contributed by atoms with van der Waals surface area (Å²) in [5.74, 6) is -1.92. The van der Waals surface area contributed by atoms with E-state index in [-0.39, 0.29) is 72.4 Å². The quantitative estimate of drug-likeness (QED) is 0.173. The third-order valence-electron chi connectivity index (χ3n) is 15.4. The Hall–Kier alpha value is -8.26. The Morgan fingerprint density at radius 2 is 0.911 bits per heavy atom. The van der Waals surface area contributed by atoms with Gasteiger partial charge in [0.05, 0.1) is 12.8 Å². The second-order valence-corrected chi connectivity index (χ2v) is 21.1. The highest BCUT2D eigenvalue weighted by Crippen LogP contribution is 2.35. The number of anilines is 1. The summed E-state index contributed by atoms with van der Waals surface area (Å²) in [6.07, 6.45) is 3.20. The van der Waals surface area contributed by atoms with Crippen molar-refractivity contribution in [1.82, 2.24) is 36.0 Å². The third-order valence-corrected chi connectivity index (χ3v) is 15.6. The summed E-state index contributed by atoms with van der Waals surface area (Å²) in [5, 5.41) is 9.73. The number of hydrogen-bond acceptors (Lipinski definition) is 12. The van der Waals surface area contributed by atoms with Crippen LogP contribution in [0.3, 0.4) is 0 Å². The smallest absolute Gasteiger partial charge is 0.328 e. The Balaban J connectivity index is 0.000000139. The van der Waals surface area contributed by atoms with E-state index >= 15 is 0 Å². The van der Waals surface area contributed by atoms with E-state index in [4.69, 9.17) is 16.3 Å². The van der Waals surface area contributed by atoms with Crippen LogP contribution < -0.4 is 30.9 Å². The first-order valence-electron chi connectivity index (χ1n) is 26.2. The standard InChI is InChI=1S/C16H18N2O3.C15H16N2O3.C14H13ClN2O3.C13H16N2O3/c1-3-10-6-9(2)12-8-18(16(21)11(12)7-10)13-4-5-14(19)17-15(13)20;1-8-5-9(2)11-7-17(15(20)10(11)6-8)12-3-4-13(18)16-14(12)19;1-7-4-8(15)5-9-10(7)6-17(14(9)20)11-2-3-12(18)16-13(11)19;1-8-6-10(11(18-3)7-9(8)2)15-5-4-12(16)14-13(15)17/h6-7,13H,3-5,8H2,1-2H3,(H,17,19,20);5-6,12H,3-4,7H2,1-2H3,(H,16,18,19);4-5,11H,2-3,6H2,1H3,(H,16,18,19);6-7H,4-5H2,1-3H3,(H,14,16,17). The third kappa shape index (κ3) is 11.9. The molecule has 0 saturated carbocycles. The number of ether oxygens (including phenoxy) is 1. The van der Waals surface area contributed by atoms with Crippen LogP contribution in [0.4, 0.5) is 10.5 Å². The van der Waals surface area contributed by atoms with Crippen LogP contribution in [0.2, 0.25) is 5.02 Å². The van der Waals surface area contributed by atoms with E-state index in [0.29, 0.717) is 85.0 Å². The number of imide groups is 4. The zero-order chi connectivity index (χ0) is 57.3. The van der Waals surface area contributed by atoms with E-state index in [9.17, 15) is 52.7 Å². The molecule has 3 unspecified atom stereocenters. The average molecular weight is 1100 g/mol. The van der Waals surface area contributed by atoms with Gasteiger partial charge in [-0.05, 0) is 154 Å². The zero-order valence-electron chi connectivity index (χ0n) is 45.4. The maximum atomic E-state index is 12.6. The molecule has 4 fully saturated rings. The number of aryl methyl sites for hydroxylation is 7. The molecule has 21 heteroatoms. The number of nitrogens with one attached hydrogen (secondary N) is 4. The van der Waals surface area contributed by atoms with Crippen LogP contribution in [-0.4, -0.2) is 112 Å². The van der Waals surface area contributed by atoms with Crippen molar-refractivity contribution >= 4 is 82.4 Å². The summed E-state index contributed by atoms with van der Waals surface area (Å²) in [4.78, 5) is 136. The molecule has 0 aromatic heterocycles. The number of urea groups is 1. The number of nitrogens with zero attached hydrogens (tertiary/aromatic N) is 4. The van der Waals surface area contributed by atoms with E-state index in [1.165, 1.54) is 9.80 Å². The SMILES string of the molecule is CCc1cc(C)c2c(c1)C(=O)N(C1CCC(=O)NC1=O)C2.COc1cc(C)c(C)cc1N1CCC(=O)NC1=O.Cc1cc(C)c2c(c1)C(=O)N(C1CCC(=O)NC1=O)C2.Cc1cc(Cl)cc2c1CN(C1CCC(=O)NC1=O)C2=O. The maximum absolute atomic E-state index is 12.6. The Labute approximate surface area is 461 Å². The summed E-state index contributed by atoms with van der Waals surface area (Å²) >= 11 is 5.98. The Morgan fingerprint density at radius 1 is 0.494 bits per heavy atom. The van der Waals surface area contributed by atoms with E-state index in [1.54, 1.807) is 23.0 Å². The van der Waals surface area contributed by atoms with Gasteiger partial charge in [-0.3, -0.25) is 74.1 Å². The molecular weight excluding hydrogens is 1040 g/mol. The van der Waals surface area contributed by atoms with E-state index in [0.717, 1.165) is 62.1 Å². The summed E-state index contributed by atoms with van der Waals surface area (Å²) < 4.78 is 5.30. The van der Waals surface area contributed by atoms with Crippen molar-refractivity contribution in [3.63, 3.8) is 0 Å². The fourth-order valence-corrected chi connectivity index (χ4v) is 11.2. The molecule has 4 aromatic carbocycles. The molecule has 0 aliphatic carbocycles. The molecule has 12 amide bonds. The molecule has 4 saturated heterocycles. The van der Waals surface area contributed by atoms with Gasteiger partial charge in [0.1, 0.15) is 23.9 Å². The van der Waals surface area contributed by atoms with Gasteiger partial charge in [0.15, 0.2) is 0 Å². The molecule has 0 bridgehead atoms. The van der Waals surface area contributed by atoms with Crippen LogP contribution in [0.25, 0.3) is 0 Å². The van der Waals surface area contributed by atoms with Gasteiger partial charge in [-0.15, -0.1) is 0 Å². The Kier molecular flexibility index (Phi) is 16.8. The zero-order valence-corrected chi connectivity index (χ0v) is 46.2. The van der Waals surface area contributed by atoms with Gasteiger partial charge in [-0.25, -0.2) is 4.79 Å². The van der Waals surface area contributed by atoms with E-state index in [1.807, 2.05) is 77.9 Å². The molecule has 0 radical (unpaired) electrons. The highest BCUT2D eigenvalue weighted by Gasteiger charge is 2.42. The summed E-state index contributed by atoms with van der Waals surface area (Å²) in [6.45, 7) is 15.5. The molecule has 7 heterocycles. The number of carbonyl (C=O) groups excluding carboxylic acids is 11. The fraction of sp³-hybridized carbons (Fsp3) is 0.397. The molecule has 4 N–H and O–H groups in total. The molecule has 3 atom stereocenters. The van der Waals surface area contributed by atoms with Gasteiger partial charge >= 0.3 is 6.03 Å². The summed E-state index contributed by atoms with van der Waals surface area (Å²) in [6, 6.07) is 13.1. The predicted octanol–water partition coefficient (Wildman–Crippen LogP) is 5.55. The van der Waals surface area contributed by atoms with Crippen molar-refractivity contribution in [2.45, 2.75) is 138 Å². The van der Waals surface area contributed by atoms with Gasteiger partial charge in [-0.2, -0.15) is 0 Å². The van der Waals surface area contributed by atoms with Gasteiger partial charge in [0, 0.05) is 73.6 Å². The van der Waals surface area contributed by atoms with Crippen LogP contribution in [0, 0.1) is 41.5 Å². The first kappa shape index (κ1) is 56.9. The first-order chi connectivity index (χ1) is 37.5. The molecule has 7 aliphatic heterocycles. The van der Waals surface area contributed by atoms with Crippen molar-refractivity contribution < 1.29 is 57.5 Å². The Morgan fingerprint density at radius 3 is 1.35 bits per heavy atom. The number of fused-ring (bicyclic) bond motifs is 3. The lowest BCUT2D eigenvalue weighted by atomic mass is 9.99. The normalized spacial score (nSPS) is 20.4. The topological polar surface area (TPSA) is 258 Å². The number of piperidine rings is 3. The van der Waals surface area contributed by atoms with Crippen LogP contribution in [0.15, 0.2) is 48.5 Å². The van der Waals surface area contributed by atoms with Gasteiger partial charge in [0.25, 0.3) is 17.7 Å². The van der Waals surface area contributed by atoms with Crippen LogP contribution in [0.1, 0.15) is 139 Å². The molecule has 0 spiro atoms. The predicted molar refractivity (Wildman–Crippen MR) is 289 cm³/mol. The van der Waals surface area contributed by atoms with E-state index in [2.05, 4.69) is 34.3 Å². The minimum atomic E-state index is -0.578. The van der Waals surface area contributed by atoms with Gasteiger partial charge in [-0.1, -0.05) is 36.2 Å². The largest absolute Gasteiger partial charge is 0.495 e. The van der Waals surface area contributed by atoms with Crippen molar-refractivity contribution in [3.05, 3.63) is 126 Å². The molecule has 7 aliphatic rings. The molecule has 414 valence electrons. The van der Waals surface area contributed by atoms with Crippen molar-refractivity contribution in [1.29, 1.82) is 0 Å². The number of carbonyl (C=O) groups is 11. The molecule has 79 heavy (non-hydrogen) atoms. The number of benzene rings is 4. The average Bonchev–Trinajstić information content (AvgIpc) is 4.28. The lowest BCUT2D eigenvalue weighted by Gasteiger charge is -2.29. The lowest BCUT2D eigenvalue weighted by Crippen LogP contribution is -2.52. The fourth-order valence-electron chi connectivity index (χ4n) is 10.9. The minimum Gasteiger partial charge on any atom is -0.495 e. The van der Waals surface area contributed by atoms with Crippen LogP contribution >= 0.6 is 11.6 Å². The molecule has 4 aromatic rings. The number of amides is 12. The highest BCUT2D eigenvalue weighted by atomic mass is 35.5. The van der Waals surface area contributed by atoms with Crippen molar-refractivity contribution in [2.24, 2.45) is 0 Å². The first-order valence-corrected chi connectivity index (χ1v) is 26.6. The number of hydrogen-bond donors (Lipinski definition) is 4. The number of halogens is 1. The lowest BCUT2D eigenvalue weighted by molar-refractivity contribution is -0.138.